The van der Waals surface area contributed by atoms with E-state index >= 15 is 0 Å². The highest BCUT2D eigenvalue weighted by Crippen LogP contribution is 2.24. The maximum absolute atomic E-state index is 11.9. The van der Waals surface area contributed by atoms with Crippen LogP contribution in [0.5, 0.6) is 34.5 Å². The largest absolute Gasteiger partial charge is 0.507 e. The molecular weight excluding hydrogens is 1830 g/mol. The summed E-state index contributed by atoms with van der Waals surface area (Å²) in [4.78, 5) is 96.1. The Bertz CT molecular complexity index is 5160. The molecule has 1 saturated heterocycles. The number of aromatic hydroxyl groups is 1. The van der Waals surface area contributed by atoms with Crippen molar-refractivity contribution in [2.75, 3.05) is 75.0 Å². The molecule has 0 unspecified atom stereocenters. The summed E-state index contributed by atoms with van der Waals surface area (Å²) in [5.41, 5.74) is 46.3. The van der Waals surface area contributed by atoms with Gasteiger partial charge in [-0.2, -0.15) is 5.26 Å². The number of nitrogens with zero attached hydrogens (tertiary/aromatic N) is 6. The Morgan fingerprint density at radius 1 is 0.438 bits per heavy atom. The van der Waals surface area contributed by atoms with Crippen molar-refractivity contribution in [3.8, 4) is 40.6 Å². The number of esters is 1. The molecule has 0 atom stereocenters. The molecule has 0 bridgehead atoms. The number of hydrogen-bond acceptors (Lipinski definition) is 25. The Balaban J connectivity index is -0.000000716. The second-order valence-corrected chi connectivity index (χ2v) is 30.3. The van der Waals surface area contributed by atoms with E-state index in [1.807, 2.05) is 203 Å². The second kappa shape index (κ2) is 75.7. The monoisotopic (exact) mass is 1970 g/mol. The fraction of sp³-hybridized carbons (Fsp3) is 0.337. The van der Waals surface area contributed by atoms with Crippen molar-refractivity contribution < 1.29 is 82.0 Å². The number of aromatic carboxylic acids is 2. The van der Waals surface area contributed by atoms with Crippen LogP contribution in [0.15, 0.2) is 205 Å². The van der Waals surface area contributed by atoms with Crippen LogP contribution >= 0.6 is 27.5 Å². The predicted molar refractivity (Wildman–Crippen MR) is 549 cm³/mol. The first-order valence-corrected chi connectivity index (χ1v) is 43.3. The smallest absolute Gasteiger partial charge is 0.391 e. The van der Waals surface area contributed by atoms with Crippen LogP contribution in [-0.2, 0) is 74.0 Å². The van der Waals surface area contributed by atoms with Crippen LogP contribution in [0.2, 0.25) is 0 Å². The molecule has 11 aromatic rings. The Hall–Kier alpha value is -13.5. The van der Waals surface area contributed by atoms with Gasteiger partial charge in [0.2, 0.25) is 0 Å². The molecule has 30 nitrogen and oxygen atoms in total. The summed E-state index contributed by atoms with van der Waals surface area (Å²) in [6, 6.07) is 54.2. The van der Waals surface area contributed by atoms with Gasteiger partial charge >= 0.3 is 35.0 Å². The number of ether oxygens (including phenoxy) is 7. The first-order chi connectivity index (χ1) is 63.4. The molecule has 0 aliphatic carbocycles. The predicted octanol–water partition coefficient (Wildman–Crippen LogP) is 16.8. The van der Waals surface area contributed by atoms with Crippen LogP contribution in [0.3, 0.4) is 0 Å². The van der Waals surface area contributed by atoms with E-state index in [2.05, 4.69) is 68.4 Å². The number of aromatic nitrogens is 5. The molecule has 137 heavy (non-hydrogen) atoms. The van der Waals surface area contributed by atoms with Crippen molar-refractivity contribution in [2.24, 2.45) is 28.7 Å². The van der Waals surface area contributed by atoms with E-state index < -0.39 is 40.9 Å². The van der Waals surface area contributed by atoms with Gasteiger partial charge in [-0.25, -0.2) is 19.4 Å². The number of hydrogen-bond donors (Lipinski definition) is 10. The molecule has 0 spiro atoms. The molecule has 5 aromatic heterocycles. The molecule has 0 saturated carbocycles. The van der Waals surface area contributed by atoms with Gasteiger partial charge in [-0.1, -0.05) is 107 Å². The number of carboxylic acids is 2. The minimum Gasteiger partial charge on any atom is -0.507 e. The van der Waals surface area contributed by atoms with Crippen molar-refractivity contribution in [1.82, 2.24) is 35.6 Å². The number of amides is 3. The second-order valence-electron chi connectivity index (χ2n) is 29.1. The number of aryl methyl sites for hydroxylation is 11. The van der Waals surface area contributed by atoms with Crippen molar-refractivity contribution in [3.63, 3.8) is 0 Å². The lowest BCUT2D eigenvalue weighted by atomic mass is 10.1. The van der Waals surface area contributed by atoms with Crippen molar-refractivity contribution in [1.29, 1.82) is 5.26 Å². The Kier molecular flexibility index (Phi) is 71.7. The zero-order valence-electron chi connectivity index (χ0n) is 79.6. The normalized spacial score (nSPS) is 9.82. The summed E-state index contributed by atoms with van der Waals surface area (Å²) < 4.78 is 35.5. The highest BCUT2D eigenvalue weighted by atomic mass is 79.9. The molecule has 741 valence electrons. The van der Waals surface area contributed by atoms with Crippen molar-refractivity contribution in [3.05, 3.63) is 323 Å². The number of pyridine rings is 5. The maximum atomic E-state index is 11.9. The third-order valence-electron chi connectivity index (χ3n) is 17.8. The van der Waals surface area contributed by atoms with Crippen molar-refractivity contribution in [2.45, 2.75) is 164 Å². The van der Waals surface area contributed by atoms with Crippen LogP contribution in [-0.4, -0.2) is 165 Å². The number of phenols is 1. The minimum absolute atomic E-state index is 0. The third kappa shape index (κ3) is 57.1. The molecule has 6 heterocycles. The Labute approximate surface area is 825 Å². The highest BCUT2D eigenvalue weighted by molar-refractivity contribution is 9.10. The summed E-state index contributed by atoms with van der Waals surface area (Å²) in [5, 5.41) is 38.7. The number of benzene rings is 6. The number of halogens is 2. The zero-order valence-corrected chi connectivity index (χ0v) is 82.0. The van der Waals surface area contributed by atoms with Crippen LogP contribution in [0, 0.1) is 87.5 Å². The Morgan fingerprint density at radius 2 is 0.759 bits per heavy atom. The summed E-state index contributed by atoms with van der Waals surface area (Å²) >= 11 is 7.93. The number of carbonyl (C=O) groups is 7. The van der Waals surface area contributed by atoms with Crippen molar-refractivity contribution >= 4 is 76.8 Å². The minimum atomic E-state index is -1.11. The van der Waals surface area contributed by atoms with E-state index in [4.69, 9.17) is 89.3 Å². The number of carbonyl (C=O) groups excluding carboxylic acids is 5. The van der Waals surface area contributed by atoms with E-state index in [-0.39, 0.29) is 60.7 Å². The lowest BCUT2D eigenvalue weighted by molar-refractivity contribution is -0.149. The fourth-order valence-corrected chi connectivity index (χ4v) is 10.8. The topological polar surface area (TPSA) is 487 Å². The van der Waals surface area contributed by atoms with E-state index in [1.54, 1.807) is 77.9 Å². The molecule has 3 radical (unpaired) electrons. The maximum Gasteiger partial charge on any atom is 0.391 e. The lowest BCUT2D eigenvalue weighted by Crippen LogP contribution is -2.40. The molecule has 15 N–H and O–H groups in total. The van der Waals surface area contributed by atoms with Gasteiger partial charge in [0, 0.05) is 132 Å². The number of nitrogens with two attached hydrogens (primary N) is 5. The van der Waals surface area contributed by atoms with Gasteiger partial charge in [0.05, 0.1) is 65.9 Å². The van der Waals surface area contributed by atoms with Gasteiger partial charge in [0.25, 0.3) is 5.91 Å². The number of rotatable bonds is 22. The highest BCUT2D eigenvalue weighted by Gasteiger charge is 2.16. The summed E-state index contributed by atoms with van der Waals surface area (Å²) in [6.45, 7) is 28.4. The lowest BCUT2D eigenvalue weighted by Gasteiger charge is -2.10. The van der Waals surface area contributed by atoms with Gasteiger partial charge in [0.15, 0.2) is 0 Å². The molecular formula is C104H141BBrClN13O17. The van der Waals surface area contributed by atoms with Crippen LogP contribution in [0.1, 0.15) is 174 Å². The van der Waals surface area contributed by atoms with Crippen LogP contribution < -0.4 is 63.0 Å². The number of nitrogens with one attached hydrogen (secondary N) is 2. The third-order valence-corrected chi connectivity index (χ3v) is 18.4. The van der Waals surface area contributed by atoms with Crippen LogP contribution in [0.25, 0.3) is 0 Å². The van der Waals surface area contributed by atoms with Gasteiger partial charge in [-0.15, -0.1) is 0 Å². The van der Waals surface area contributed by atoms with E-state index in [9.17, 15) is 33.6 Å². The average molecular weight is 1970 g/mol. The first-order valence-electron chi connectivity index (χ1n) is 42.1. The van der Waals surface area contributed by atoms with E-state index in [0.717, 1.165) is 115 Å². The number of methoxy groups -OCH3 is 5. The fourth-order valence-electron chi connectivity index (χ4n) is 10.5. The van der Waals surface area contributed by atoms with Gasteiger partial charge in [-0.05, 0) is 283 Å². The quantitative estimate of drug-likeness (QED) is 0.00990. The number of primary amides is 1. The summed E-state index contributed by atoms with van der Waals surface area (Å²) in [5.74, 6) is -1.65. The SMILES string of the molecule is C.C.C.C1CCOC1.CCOC(=O)C(=O)Cl.COc1cc(C)ccc1C(=O)O.COc1cc(C)ccc1C(N)=O.COc1cc(C)ccc1CN.COc1cc(C)ccc1CN.COc1cc(C)ccc1CNC(=O)C(=O)NCCc1ccc(C)cn1.Cc1ccc(Br)nc1.Cc1ccc(C(=O)O)c(O)c1.Cc1ccc(CC#N)nc1.Cc1ccc(CCN)nc1.Cc1ccc(CCN)nc1.[B]. The average Bonchev–Trinajstić information content (AvgIpc) is 0.978. The summed E-state index contributed by atoms with van der Waals surface area (Å²) in [7, 11) is 7.87. The van der Waals surface area contributed by atoms with Gasteiger partial charge in [0.1, 0.15) is 50.2 Å². The molecule has 12 rings (SSSR count). The first kappa shape index (κ1) is 130. The molecule has 1 aliphatic rings. The molecule has 1 aliphatic heterocycles. The summed E-state index contributed by atoms with van der Waals surface area (Å²) in [6.07, 6.45) is 14.4. The molecule has 6 aromatic carbocycles. The van der Waals surface area contributed by atoms with Gasteiger partial charge < -0.3 is 87.8 Å². The molecule has 1 fully saturated rings. The van der Waals surface area contributed by atoms with E-state index in [0.29, 0.717) is 68.4 Å². The van der Waals surface area contributed by atoms with Gasteiger partial charge in [-0.3, -0.25) is 39.1 Å². The number of carboxylic acid groups (broad SMARTS) is 2. The van der Waals surface area contributed by atoms with Crippen LogP contribution in [0.4, 0.5) is 0 Å². The standard InChI is InChI=1S/C19H23N3O3.C9H11NO2.2C9H13NO.C9H10O3.2C8H12N2.C8H8N2.C8H8O3.C6H6BrN.C4H5ClO3.C4H8O.3CH4.B/c1-13-4-6-15(17(10-13)25-3)12-22-19(24)18(23)20-9-8-16-7-5-14(2)11-21-16;1-6-3-4-7(9(10)11)8(5-6)12-2;2*1-7-3-4-8(6-10)9(5-7)11-2;1-6-3-4-7(9(10)11)8(5-6)12-2;3*1-7-2-3-8(4-5-9)10-6-7;1-5-2-3-6(8(10)11)7(9)4-5;1-5-2-3-6(7)8-4-5;1-2-8-4(7)3(5)6;1-2-4-5-3-1;;;;/h4-7,10-11H,8-9,12H2,1-3H3,(H,20,23)(H,22,24);3-5H,1-2H3,(H2,10,11);2*3-5H,6,10H2,1-2H3;3-5H,1-2H3,(H,10,11);2*2-3,6H,4-5,9H2,1H3;2-3,6H,4H2,1H3;2-4,9H,1H3,(H,10,11);2-4H,1H3;2H2,1H3;1-4H2;3*1H4;. The molecule has 3 amide bonds. The Morgan fingerprint density at radius 3 is 1.06 bits per heavy atom. The van der Waals surface area contributed by atoms with E-state index in [1.165, 1.54) is 73.1 Å². The molecule has 33 heteroatoms. The zero-order chi connectivity index (χ0) is 99.8. The number of nitriles is 1.